The van der Waals surface area contributed by atoms with Crippen molar-refractivity contribution in [1.29, 1.82) is 0 Å². The van der Waals surface area contributed by atoms with E-state index in [0.29, 0.717) is 10.7 Å². The molecule has 1 fully saturated rings. The summed E-state index contributed by atoms with van der Waals surface area (Å²) in [5.74, 6) is 0.586. The number of aryl methyl sites for hydroxylation is 1. The number of benzene rings is 1. The number of aromatic nitrogens is 1. The van der Waals surface area contributed by atoms with Crippen molar-refractivity contribution in [2.75, 3.05) is 0 Å². The lowest BCUT2D eigenvalue weighted by Crippen LogP contribution is -2.21. The number of ketones is 1. The molecular formula is C20H18ClNO2. The highest BCUT2D eigenvalue weighted by Crippen LogP contribution is 2.46. The first-order chi connectivity index (χ1) is 11.5. The van der Waals surface area contributed by atoms with Gasteiger partial charge in [-0.2, -0.15) is 0 Å². The van der Waals surface area contributed by atoms with Crippen LogP contribution in [0.3, 0.4) is 0 Å². The lowest BCUT2D eigenvalue weighted by molar-refractivity contribution is -0.117. The van der Waals surface area contributed by atoms with Gasteiger partial charge in [0.05, 0.1) is 5.57 Å². The van der Waals surface area contributed by atoms with Gasteiger partial charge in [-0.25, -0.2) is 4.98 Å². The topological polar surface area (TPSA) is 50.2 Å². The molecule has 0 saturated heterocycles. The monoisotopic (exact) mass is 339 g/mol. The molecule has 0 unspecified atom stereocenters. The van der Waals surface area contributed by atoms with Gasteiger partial charge in [0.2, 0.25) is 0 Å². The van der Waals surface area contributed by atoms with E-state index in [9.17, 15) is 9.90 Å². The van der Waals surface area contributed by atoms with Gasteiger partial charge >= 0.3 is 0 Å². The molecule has 1 aromatic carbocycles. The molecule has 0 amide bonds. The Kier molecular flexibility index (Phi) is 3.69. The average Bonchev–Trinajstić information content (AvgIpc) is 3.03. The summed E-state index contributed by atoms with van der Waals surface area (Å²) in [4.78, 5) is 16.9. The molecule has 1 aromatic heterocycles. The number of halogens is 1. The van der Waals surface area contributed by atoms with Gasteiger partial charge in [0, 0.05) is 23.6 Å². The molecule has 0 spiro atoms. The lowest BCUT2D eigenvalue weighted by atomic mass is 9.81. The van der Waals surface area contributed by atoms with Crippen LogP contribution in [-0.4, -0.2) is 15.9 Å². The van der Waals surface area contributed by atoms with Crippen LogP contribution in [0.4, 0.5) is 0 Å². The molecule has 0 aliphatic heterocycles. The Morgan fingerprint density at radius 3 is 2.62 bits per heavy atom. The number of nitrogens with zero attached hydrogens (tertiary/aromatic N) is 1. The standard InChI is InChI=1S/C20H18ClNO2/c1-11-2-3-12(15-6-7-17(21)22-10-15)9-16(11)18-19(23)13-4-5-14(8-13)20(18)24/h2-3,6-7,9-10,13-14,23H,4-5,8H2,1H3/t13-,14+/m0/s1. The summed E-state index contributed by atoms with van der Waals surface area (Å²) >= 11 is 5.86. The van der Waals surface area contributed by atoms with Crippen molar-refractivity contribution in [1.82, 2.24) is 4.98 Å². The first-order valence-electron chi connectivity index (χ1n) is 8.25. The second-order valence-corrected chi connectivity index (χ2v) is 7.12. The summed E-state index contributed by atoms with van der Waals surface area (Å²) in [5, 5.41) is 11.1. The summed E-state index contributed by atoms with van der Waals surface area (Å²) in [5.41, 5.74) is 4.26. The number of hydrogen-bond donors (Lipinski definition) is 1. The van der Waals surface area contributed by atoms with Gasteiger partial charge in [-0.15, -0.1) is 0 Å². The van der Waals surface area contributed by atoms with Gasteiger partial charge in [-0.1, -0.05) is 23.7 Å². The van der Waals surface area contributed by atoms with E-state index in [1.165, 1.54) is 0 Å². The van der Waals surface area contributed by atoms with E-state index in [0.717, 1.165) is 41.5 Å². The summed E-state index contributed by atoms with van der Waals surface area (Å²) in [6.07, 6.45) is 4.31. The number of hydrogen-bond acceptors (Lipinski definition) is 3. The van der Waals surface area contributed by atoms with Gasteiger partial charge < -0.3 is 5.11 Å². The predicted molar refractivity (Wildman–Crippen MR) is 94.8 cm³/mol. The Labute approximate surface area is 146 Å². The van der Waals surface area contributed by atoms with Crippen LogP contribution >= 0.6 is 11.6 Å². The Hall–Kier alpha value is -2.13. The highest BCUT2D eigenvalue weighted by molar-refractivity contribution is 6.29. The third-order valence-electron chi connectivity index (χ3n) is 5.26. The third-order valence-corrected chi connectivity index (χ3v) is 5.48. The first-order valence-corrected chi connectivity index (χ1v) is 8.62. The molecule has 122 valence electrons. The number of fused-ring (bicyclic) bond motifs is 2. The fraction of sp³-hybridized carbons (Fsp3) is 0.300. The number of allylic oxidation sites excluding steroid dienone is 2. The number of aliphatic hydroxyl groups is 1. The maximum absolute atomic E-state index is 12.8. The first kappa shape index (κ1) is 15.4. The molecule has 2 atom stereocenters. The maximum Gasteiger partial charge on any atom is 0.169 e. The fourth-order valence-electron chi connectivity index (χ4n) is 3.89. The Balaban J connectivity index is 1.84. The van der Waals surface area contributed by atoms with E-state index in [-0.39, 0.29) is 23.4 Å². The predicted octanol–water partition coefficient (Wildman–Crippen LogP) is 4.98. The van der Waals surface area contributed by atoms with Crippen LogP contribution in [-0.2, 0) is 4.79 Å². The molecular weight excluding hydrogens is 322 g/mol. The number of aliphatic hydroxyl groups excluding tert-OH is 1. The van der Waals surface area contributed by atoms with Crippen LogP contribution in [0.15, 0.2) is 42.3 Å². The van der Waals surface area contributed by atoms with Crippen LogP contribution in [0.25, 0.3) is 16.7 Å². The minimum absolute atomic E-state index is 0.0705. The van der Waals surface area contributed by atoms with Crippen molar-refractivity contribution >= 4 is 23.0 Å². The highest BCUT2D eigenvalue weighted by Gasteiger charge is 2.41. The molecule has 4 heteroatoms. The van der Waals surface area contributed by atoms with E-state index < -0.39 is 0 Å². The average molecular weight is 340 g/mol. The smallest absolute Gasteiger partial charge is 0.169 e. The minimum Gasteiger partial charge on any atom is -0.511 e. The molecule has 3 nitrogen and oxygen atoms in total. The zero-order valence-corrected chi connectivity index (χ0v) is 14.2. The Morgan fingerprint density at radius 2 is 1.88 bits per heavy atom. The number of carbonyl (C=O) groups excluding carboxylic acids is 1. The van der Waals surface area contributed by atoms with E-state index in [1.807, 2.05) is 31.2 Å². The molecule has 2 aliphatic rings. The van der Waals surface area contributed by atoms with E-state index >= 15 is 0 Å². The molecule has 1 saturated carbocycles. The van der Waals surface area contributed by atoms with Crippen molar-refractivity contribution in [3.8, 4) is 11.1 Å². The van der Waals surface area contributed by atoms with Crippen LogP contribution < -0.4 is 0 Å². The quantitative estimate of drug-likeness (QED) is 0.785. The second kappa shape index (κ2) is 5.75. The highest BCUT2D eigenvalue weighted by atomic mass is 35.5. The van der Waals surface area contributed by atoms with Gasteiger partial charge in [-0.05, 0) is 61.1 Å². The van der Waals surface area contributed by atoms with Gasteiger partial charge in [0.1, 0.15) is 10.9 Å². The molecule has 1 heterocycles. The summed E-state index contributed by atoms with van der Waals surface area (Å²) in [6, 6.07) is 9.63. The van der Waals surface area contributed by atoms with E-state index in [2.05, 4.69) is 4.98 Å². The van der Waals surface area contributed by atoms with Crippen molar-refractivity contribution < 1.29 is 9.90 Å². The van der Waals surface area contributed by atoms with Gasteiger partial charge in [-0.3, -0.25) is 4.79 Å². The number of carbonyl (C=O) groups is 1. The molecule has 24 heavy (non-hydrogen) atoms. The summed E-state index contributed by atoms with van der Waals surface area (Å²) < 4.78 is 0. The molecule has 2 aromatic rings. The third kappa shape index (κ3) is 2.44. The zero-order valence-electron chi connectivity index (χ0n) is 13.4. The van der Waals surface area contributed by atoms with Gasteiger partial charge in [0.15, 0.2) is 5.78 Å². The summed E-state index contributed by atoms with van der Waals surface area (Å²) in [7, 11) is 0. The van der Waals surface area contributed by atoms with Crippen molar-refractivity contribution in [2.45, 2.75) is 26.2 Å². The van der Waals surface area contributed by atoms with Gasteiger partial charge in [0.25, 0.3) is 0 Å². The molecule has 0 radical (unpaired) electrons. The fourth-order valence-corrected chi connectivity index (χ4v) is 4.00. The second-order valence-electron chi connectivity index (χ2n) is 6.73. The Morgan fingerprint density at radius 1 is 1.12 bits per heavy atom. The molecule has 4 rings (SSSR count). The zero-order chi connectivity index (χ0) is 16.8. The lowest BCUT2D eigenvalue weighted by Gasteiger charge is -2.23. The van der Waals surface area contributed by atoms with Crippen molar-refractivity contribution in [2.24, 2.45) is 11.8 Å². The van der Waals surface area contributed by atoms with E-state index in [1.54, 1.807) is 12.3 Å². The molecule has 1 N–H and O–H groups in total. The normalized spacial score (nSPS) is 23.0. The van der Waals surface area contributed by atoms with Crippen LogP contribution in [0, 0.1) is 18.8 Å². The largest absolute Gasteiger partial charge is 0.511 e. The SMILES string of the molecule is Cc1ccc(-c2ccc(Cl)nc2)cc1C1=C(O)[C@H]2CC[C@H](C2)C1=O. The Bertz CT molecular complexity index is 854. The summed E-state index contributed by atoms with van der Waals surface area (Å²) in [6.45, 7) is 1.98. The number of pyridine rings is 1. The number of rotatable bonds is 2. The minimum atomic E-state index is 0.0705. The van der Waals surface area contributed by atoms with E-state index in [4.69, 9.17) is 11.6 Å². The van der Waals surface area contributed by atoms with Crippen molar-refractivity contribution in [3.63, 3.8) is 0 Å². The van der Waals surface area contributed by atoms with Crippen LogP contribution in [0.2, 0.25) is 5.15 Å². The van der Waals surface area contributed by atoms with Crippen LogP contribution in [0.1, 0.15) is 30.4 Å². The van der Waals surface area contributed by atoms with Crippen molar-refractivity contribution in [3.05, 3.63) is 58.6 Å². The van der Waals surface area contributed by atoms with Crippen LogP contribution in [0.5, 0.6) is 0 Å². The molecule has 2 bridgehead atoms. The molecule has 2 aliphatic carbocycles. The maximum atomic E-state index is 12.8. The number of Topliss-reactive ketones (excluding diaryl/α,β-unsaturated/α-hetero) is 1.